The second-order valence-corrected chi connectivity index (χ2v) is 2.69. The first-order valence-electron chi connectivity index (χ1n) is 4.12. The van der Waals surface area contributed by atoms with Gasteiger partial charge in [-0.2, -0.15) is 5.10 Å². The summed E-state index contributed by atoms with van der Waals surface area (Å²) < 4.78 is 4.92. The summed E-state index contributed by atoms with van der Waals surface area (Å²) in [5, 5.41) is 16.5. The monoisotopic (exact) mass is 244 g/mol. The molecule has 6 nitrogen and oxygen atoms in total. The van der Waals surface area contributed by atoms with Crippen molar-refractivity contribution >= 4 is 24.6 Å². The fourth-order valence-corrected chi connectivity index (χ4v) is 0.917. The fourth-order valence-electron chi connectivity index (χ4n) is 0.917. The summed E-state index contributed by atoms with van der Waals surface area (Å²) in [6, 6.07) is 4.80. The number of hydrogen-bond donors (Lipinski definition) is 3. The van der Waals surface area contributed by atoms with E-state index in [2.05, 4.69) is 10.2 Å². The Kier molecular flexibility index (Phi) is 5.72. The van der Waals surface area contributed by atoms with E-state index in [0.717, 1.165) is 0 Å². The minimum atomic E-state index is -0.140. The van der Waals surface area contributed by atoms with Gasteiger partial charge in [0.2, 0.25) is 5.96 Å². The first-order valence-corrected chi connectivity index (χ1v) is 4.12. The highest BCUT2D eigenvalue weighted by molar-refractivity contribution is 5.85. The smallest absolute Gasteiger partial charge is 0.211 e. The Morgan fingerprint density at radius 1 is 1.44 bits per heavy atom. The van der Waals surface area contributed by atoms with E-state index in [1.165, 1.54) is 19.4 Å². The van der Waals surface area contributed by atoms with E-state index in [9.17, 15) is 5.11 Å². The van der Waals surface area contributed by atoms with Crippen molar-refractivity contribution in [3.63, 3.8) is 0 Å². The lowest BCUT2D eigenvalue weighted by atomic mass is 10.2. The van der Waals surface area contributed by atoms with Crippen molar-refractivity contribution in [2.24, 2.45) is 21.7 Å². The zero-order chi connectivity index (χ0) is 11.3. The summed E-state index contributed by atoms with van der Waals surface area (Å²) >= 11 is 0. The zero-order valence-electron chi connectivity index (χ0n) is 8.62. The molecule has 5 N–H and O–H groups in total. The number of nitrogens with two attached hydrogens (primary N) is 2. The number of methoxy groups -OCH3 is 1. The number of phenolic OH excluding ortho intramolecular Hbond substituents is 1. The van der Waals surface area contributed by atoms with Gasteiger partial charge in [-0.1, -0.05) is 0 Å². The quantitative estimate of drug-likeness (QED) is 0.407. The molecular formula is C9H13ClN4O2. The number of ether oxygens (including phenoxy) is 1. The third kappa shape index (κ3) is 4.05. The van der Waals surface area contributed by atoms with Gasteiger partial charge in [0.1, 0.15) is 11.5 Å². The van der Waals surface area contributed by atoms with Crippen LogP contribution in [0, 0.1) is 0 Å². The molecular weight excluding hydrogens is 232 g/mol. The van der Waals surface area contributed by atoms with Gasteiger partial charge in [-0.3, -0.25) is 0 Å². The second kappa shape index (κ2) is 6.52. The molecule has 1 rings (SSSR count). The lowest BCUT2D eigenvalue weighted by Crippen LogP contribution is -2.21. The van der Waals surface area contributed by atoms with E-state index < -0.39 is 0 Å². The molecule has 0 saturated carbocycles. The molecule has 0 spiro atoms. The van der Waals surface area contributed by atoms with Gasteiger partial charge in [0.15, 0.2) is 0 Å². The van der Waals surface area contributed by atoms with Gasteiger partial charge in [0.25, 0.3) is 0 Å². The van der Waals surface area contributed by atoms with Crippen molar-refractivity contribution in [3.8, 4) is 11.5 Å². The van der Waals surface area contributed by atoms with Crippen molar-refractivity contribution in [1.82, 2.24) is 0 Å². The van der Waals surface area contributed by atoms with Gasteiger partial charge in [-0.05, 0) is 12.1 Å². The summed E-state index contributed by atoms with van der Waals surface area (Å²) in [6.45, 7) is 0. The number of rotatable bonds is 3. The predicted octanol–water partition coefficient (Wildman–Crippen LogP) is 0.430. The number of hydrogen-bond acceptors (Lipinski definition) is 4. The van der Waals surface area contributed by atoms with Crippen LogP contribution < -0.4 is 16.2 Å². The number of halogens is 1. The summed E-state index contributed by atoms with van der Waals surface area (Å²) in [5.74, 6) is 0.467. The number of aromatic hydroxyl groups is 1. The van der Waals surface area contributed by atoms with Crippen LogP contribution in [-0.2, 0) is 0 Å². The Bertz CT molecular complexity index is 402. The molecule has 0 heterocycles. The van der Waals surface area contributed by atoms with Gasteiger partial charge in [0.05, 0.1) is 13.3 Å². The van der Waals surface area contributed by atoms with Crippen LogP contribution in [-0.4, -0.2) is 24.4 Å². The molecule has 0 atom stereocenters. The molecule has 0 amide bonds. The molecule has 88 valence electrons. The Morgan fingerprint density at radius 3 is 2.62 bits per heavy atom. The average Bonchev–Trinajstić information content (AvgIpc) is 2.20. The third-order valence-electron chi connectivity index (χ3n) is 1.61. The van der Waals surface area contributed by atoms with Crippen molar-refractivity contribution in [2.45, 2.75) is 0 Å². The van der Waals surface area contributed by atoms with Crippen LogP contribution in [0.5, 0.6) is 11.5 Å². The topological polar surface area (TPSA) is 106 Å². The maximum atomic E-state index is 9.51. The zero-order valence-corrected chi connectivity index (χ0v) is 9.44. The largest absolute Gasteiger partial charge is 0.507 e. The van der Waals surface area contributed by atoms with Crippen molar-refractivity contribution < 1.29 is 9.84 Å². The molecule has 0 bridgehead atoms. The van der Waals surface area contributed by atoms with Gasteiger partial charge in [0, 0.05) is 11.6 Å². The first kappa shape index (κ1) is 14.1. The molecule has 0 fully saturated rings. The Morgan fingerprint density at radius 2 is 2.12 bits per heavy atom. The molecule has 0 aliphatic rings. The van der Waals surface area contributed by atoms with Crippen LogP contribution in [0.1, 0.15) is 5.56 Å². The van der Waals surface area contributed by atoms with E-state index >= 15 is 0 Å². The summed E-state index contributed by atoms with van der Waals surface area (Å²) in [7, 11) is 1.52. The number of benzene rings is 1. The van der Waals surface area contributed by atoms with Crippen LogP contribution in [0.25, 0.3) is 0 Å². The predicted molar refractivity (Wildman–Crippen MR) is 65.3 cm³/mol. The van der Waals surface area contributed by atoms with Crippen molar-refractivity contribution in [3.05, 3.63) is 23.8 Å². The average molecular weight is 245 g/mol. The molecule has 0 saturated heterocycles. The van der Waals surface area contributed by atoms with Crippen LogP contribution >= 0.6 is 12.4 Å². The van der Waals surface area contributed by atoms with Crippen molar-refractivity contribution in [1.29, 1.82) is 0 Å². The molecule has 0 aliphatic heterocycles. The van der Waals surface area contributed by atoms with Gasteiger partial charge < -0.3 is 21.3 Å². The van der Waals surface area contributed by atoms with E-state index in [4.69, 9.17) is 16.2 Å². The normalized spacial score (nSPS) is 9.56. The highest BCUT2D eigenvalue weighted by Gasteiger charge is 1.99. The summed E-state index contributed by atoms with van der Waals surface area (Å²) in [6.07, 6.45) is 1.34. The molecule has 7 heteroatoms. The van der Waals surface area contributed by atoms with Crippen LogP contribution in [0.3, 0.4) is 0 Å². The highest BCUT2D eigenvalue weighted by Crippen LogP contribution is 2.21. The number of nitrogens with zero attached hydrogens (tertiary/aromatic N) is 2. The maximum absolute atomic E-state index is 9.51. The number of phenols is 1. The van der Waals surface area contributed by atoms with E-state index in [1.54, 1.807) is 12.1 Å². The number of guanidine groups is 1. The molecule has 0 radical (unpaired) electrons. The summed E-state index contributed by atoms with van der Waals surface area (Å²) in [4.78, 5) is 0. The van der Waals surface area contributed by atoms with E-state index in [1.807, 2.05) is 0 Å². The molecule has 1 aromatic rings. The lowest BCUT2D eigenvalue weighted by molar-refractivity contribution is 0.407. The summed E-state index contributed by atoms with van der Waals surface area (Å²) in [5.41, 5.74) is 10.6. The van der Waals surface area contributed by atoms with Gasteiger partial charge >= 0.3 is 0 Å². The first-order chi connectivity index (χ1) is 7.13. The van der Waals surface area contributed by atoms with E-state index in [0.29, 0.717) is 11.3 Å². The maximum Gasteiger partial charge on any atom is 0.211 e. The fraction of sp³-hybridized carbons (Fsp3) is 0.111. The molecule has 16 heavy (non-hydrogen) atoms. The Labute approximate surface area is 99.0 Å². The SMILES string of the molecule is COc1ccc(C=NN=C(N)N)c(O)c1.Cl. The third-order valence-corrected chi connectivity index (χ3v) is 1.61. The Balaban J connectivity index is 0.00000225. The highest BCUT2D eigenvalue weighted by atomic mass is 35.5. The second-order valence-electron chi connectivity index (χ2n) is 2.69. The molecule has 0 unspecified atom stereocenters. The van der Waals surface area contributed by atoms with Crippen LogP contribution in [0.4, 0.5) is 0 Å². The van der Waals surface area contributed by atoms with E-state index in [-0.39, 0.29) is 24.1 Å². The standard InChI is InChI=1S/C9H12N4O2.ClH/c1-15-7-3-2-6(8(14)4-7)5-12-13-9(10)11;/h2-5,14H,1H3,(H4,10,11,13);1H. The molecule has 1 aromatic carbocycles. The molecule has 0 aromatic heterocycles. The van der Waals surface area contributed by atoms with Gasteiger partial charge in [-0.25, -0.2) is 0 Å². The minimum absolute atomic E-state index is 0. The van der Waals surface area contributed by atoms with Gasteiger partial charge in [-0.15, -0.1) is 17.5 Å². The lowest BCUT2D eigenvalue weighted by Gasteiger charge is -2.01. The van der Waals surface area contributed by atoms with Crippen LogP contribution in [0.2, 0.25) is 0 Å². The Hall–Kier alpha value is -1.95. The van der Waals surface area contributed by atoms with Crippen molar-refractivity contribution in [2.75, 3.05) is 7.11 Å². The molecule has 0 aliphatic carbocycles. The van der Waals surface area contributed by atoms with Crippen LogP contribution in [0.15, 0.2) is 28.4 Å². The minimum Gasteiger partial charge on any atom is -0.507 e.